The average molecular weight is 325 g/mol. The summed E-state index contributed by atoms with van der Waals surface area (Å²) >= 11 is 0. The number of hydrogen-bond acceptors (Lipinski definition) is 3. The highest BCUT2D eigenvalue weighted by atomic mass is 35.7. The van der Waals surface area contributed by atoms with Crippen LogP contribution in [0.3, 0.4) is 0 Å². The minimum Gasteiger partial charge on any atom is -0.494 e. The standard InChI is InChI=1S/C16H17ClO3S/c17-21(18,19)12-4-11-20-16-9-7-15(8-10-16)13-14-5-2-1-3-6-14/h1-3,5-10H,4,11-13H2. The molecule has 0 atom stereocenters. The van der Waals surface area contributed by atoms with Crippen LogP contribution in [0.5, 0.6) is 5.75 Å². The third-order valence-electron chi connectivity index (χ3n) is 2.98. The Morgan fingerprint density at radius 1 is 0.905 bits per heavy atom. The monoisotopic (exact) mass is 324 g/mol. The third kappa shape index (κ3) is 6.19. The summed E-state index contributed by atoms with van der Waals surface area (Å²) in [5, 5.41) is 0. The van der Waals surface area contributed by atoms with E-state index in [-0.39, 0.29) is 5.75 Å². The zero-order chi connectivity index (χ0) is 15.1. The average Bonchev–Trinajstić information content (AvgIpc) is 2.45. The van der Waals surface area contributed by atoms with Gasteiger partial charge in [-0.15, -0.1) is 0 Å². The maximum absolute atomic E-state index is 10.8. The summed E-state index contributed by atoms with van der Waals surface area (Å²) < 4.78 is 27.0. The van der Waals surface area contributed by atoms with Crippen LogP contribution in [0.2, 0.25) is 0 Å². The van der Waals surface area contributed by atoms with Crippen molar-refractivity contribution in [3.8, 4) is 5.75 Å². The molecular weight excluding hydrogens is 308 g/mol. The minimum absolute atomic E-state index is 0.0688. The van der Waals surface area contributed by atoms with Gasteiger partial charge in [-0.3, -0.25) is 0 Å². The smallest absolute Gasteiger partial charge is 0.232 e. The van der Waals surface area contributed by atoms with Gasteiger partial charge < -0.3 is 4.74 Å². The lowest BCUT2D eigenvalue weighted by Crippen LogP contribution is -2.04. The van der Waals surface area contributed by atoms with E-state index in [0.717, 1.165) is 12.2 Å². The molecule has 2 aromatic rings. The largest absolute Gasteiger partial charge is 0.494 e. The van der Waals surface area contributed by atoms with Gasteiger partial charge in [0.15, 0.2) is 0 Å². The molecule has 0 bridgehead atoms. The van der Waals surface area contributed by atoms with Crippen LogP contribution in [0.1, 0.15) is 17.5 Å². The maximum Gasteiger partial charge on any atom is 0.232 e. The van der Waals surface area contributed by atoms with Crippen molar-refractivity contribution < 1.29 is 13.2 Å². The molecule has 5 heteroatoms. The third-order valence-corrected chi connectivity index (χ3v) is 4.21. The Hall–Kier alpha value is -1.52. The number of ether oxygens (including phenoxy) is 1. The zero-order valence-electron chi connectivity index (χ0n) is 11.5. The van der Waals surface area contributed by atoms with Gasteiger partial charge in [0.05, 0.1) is 12.4 Å². The molecule has 21 heavy (non-hydrogen) atoms. The summed E-state index contributed by atoms with van der Waals surface area (Å²) in [6.45, 7) is 0.337. The molecule has 0 unspecified atom stereocenters. The van der Waals surface area contributed by atoms with Crippen LogP contribution in [0.15, 0.2) is 54.6 Å². The molecule has 2 aromatic carbocycles. The van der Waals surface area contributed by atoms with Gasteiger partial charge in [-0.2, -0.15) is 0 Å². The summed E-state index contributed by atoms with van der Waals surface area (Å²) in [6, 6.07) is 18.1. The van der Waals surface area contributed by atoms with E-state index in [9.17, 15) is 8.42 Å². The maximum atomic E-state index is 10.8. The van der Waals surface area contributed by atoms with Crippen LogP contribution in [0.4, 0.5) is 0 Å². The van der Waals surface area contributed by atoms with Crippen molar-refractivity contribution in [1.82, 2.24) is 0 Å². The van der Waals surface area contributed by atoms with E-state index >= 15 is 0 Å². The second kappa shape index (κ2) is 7.48. The number of halogens is 1. The molecule has 0 aliphatic rings. The molecule has 0 fully saturated rings. The highest BCUT2D eigenvalue weighted by Crippen LogP contribution is 2.15. The number of benzene rings is 2. The van der Waals surface area contributed by atoms with Crippen molar-refractivity contribution >= 4 is 19.7 Å². The van der Waals surface area contributed by atoms with Gasteiger partial charge in [-0.25, -0.2) is 8.42 Å². The fourth-order valence-corrected chi connectivity index (χ4v) is 2.75. The first-order valence-electron chi connectivity index (χ1n) is 6.71. The molecule has 0 amide bonds. The van der Waals surface area contributed by atoms with Gasteiger partial charge in [0.1, 0.15) is 5.75 Å². The number of rotatable bonds is 7. The molecule has 0 aromatic heterocycles. The van der Waals surface area contributed by atoms with Gasteiger partial charge in [0.2, 0.25) is 9.05 Å². The minimum atomic E-state index is -3.43. The van der Waals surface area contributed by atoms with E-state index in [0.29, 0.717) is 13.0 Å². The van der Waals surface area contributed by atoms with Crippen molar-refractivity contribution in [3.63, 3.8) is 0 Å². The molecule has 0 spiro atoms. The van der Waals surface area contributed by atoms with E-state index in [2.05, 4.69) is 12.1 Å². The Bertz CT molecular complexity index is 652. The molecule has 0 heterocycles. The summed E-state index contributed by atoms with van der Waals surface area (Å²) in [5.41, 5.74) is 2.47. The first kappa shape index (κ1) is 15.9. The molecular formula is C16H17ClO3S. The summed E-state index contributed by atoms with van der Waals surface area (Å²) in [5.74, 6) is 0.666. The van der Waals surface area contributed by atoms with Gasteiger partial charge in [-0.1, -0.05) is 42.5 Å². The second-order valence-electron chi connectivity index (χ2n) is 4.75. The van der Waals surface area contributed by atoms with Crippen molar-refractivity contribution in [2.75, 3.05) is 12.4 Å². The van der Waals surface area contributed by atoms with Crippen molar-refractivity contribution in [1.29, 1.82) is 0 Å². The number of hydrogen-bond donors (Lipinski definition) is 0. The summed E-state index contributed by atoms with van der Waals surface area (Å²) in [4.78, 5) is 0. The quantitative estimate of drug-likeness (QED) is 0.577. The molecule has 0 saturated heterocycles. The lowest BCUT2D eigenvalue weighted by Gasteiger charge is -2.07. The molecule has 112 valence electrons. The lowest BCUT2D eigenvalue weighted by atomic mass is 10.1. The Kier molecular flexibility index (Phi) is 5.65. The highest BCUT2D eigenvalue weighted by Gasteiger charge is 2.04. The van der Waals surface area contributed by atoms with Crippen LogP contribution >= 0.6 is 10.7 Å². The Balaban J connectivity index is 1.82. The molecule has 0 radical (unpaired) electrons. The van der Waals surface area contributed by atoms with E-state index in [1.54, 1.807) is 0 Å². The SMILES string of the molecule is O=S(=O)(Cl)CCCOc1ccc(Cc2ccccc2)cc1. The van der Waals surface area contributed by atoms with Crippen LogP contribution < -0.4 is 4.74 Å². The van der Waals surface area contributed by atoms with E-state index < -0.39 is 9.05 Å². The van der Waals surface area contributed by atoms with E-state index in [4.69, 9.17) is 15.4 Å². The van der Waals surface area contributed by atoms with Crippen LogP contribution in [-0.4, -0.2) is 20.8 Å². The van der Waals surface area contributed by atoms with Crippen LogP contribution in [0, 0.1) is 0 Å². The van der Waals surface area contributed by atoms with Crippen molar-refractivity contribution in [2.24, 2.45) is 0 Å². The zero-order valence-corrected chi connectivity index (χ0v) is 13.1. The molecule has 0 saturated carbocycles. The predicted molar refractivity (Wildman–Crippen MR) is 85.4 cm³/mol. The predicted octanol–water partition coefficient (Wildman–Crippen LogP) is 3.61. The Labute approximate surface area is 129 Å². The second-order valence-corrected chi connectivity index (χ2v) is 7.65. The first-order chi connectivity index (χ1) is 10.0. The van der Waals surface area contributed by atoms with Gasteiger partial charge >= 0.3 is 0 Å². The van der Waals surface area contributed by atoms with Gasteiger partial charge in [-0.05, 0) is 36.1 Å². The van der Waals surface area contributed by atoms with Crippen molar-refractivity contribution in [3.05, 3.63) is 65.7 Å². The molecule has 3 nitrogen and oxygen atoms in total. The van der Waals surface area contributed by atoms with Gasteiger partial charge in [0, 0.05) is 10.7 Å². The fourth-order valence-electron chi connectivity index (χ4n) is 1.96. The molecule has 0 N–H and O–H groups in total. The summed E-state index contributed by atoms with van der Waals surface area (Å²) in [7, 11) is 1.70. The van der Waals surface area contributed by atoms with E-state index in [1.807, 2.05) is 42.5 Å². The normalized spacial score (nSPS) is 11.3. The highest BCUT2D eigenvalue weighted by molar-refractivity contribution is 8.13. The molecule has 0 aliphatic carbocycles. The Morgan fingerprint density at radius 2 is 1.52 bits per heavy atom. The first-order valence-corrected chi connectivity index (χ1v) is 9.19. The topological polar surface area (TPSA) is 43.4 Å². The van der Waals surface area contributed by atoms with E-state index in [1.165, 1.54) is 11.1 Å². The summed E-state index contributed by atoms with van der Waals surface area (Å²) in [6.07, 6.45) is 1.27. The fraction of sp³-hybridized carbons (Fsp3) is 0.250. The van der Waals surface area contributed by atoms with Crippen LogP contribution in [-0.2, 0) is 15.5 Å². The van der Waals surface area contributed by atoms with Crippen molar-refractivity contribution in [2.45, 2.75) is 12.8 Å². The van der Waals surface area contributed by atoms with Gasteiger partial charge in [0.25, 0.3) is 0 Å². The lowest BCUT2D eigenvalue weighted by molar-refractivity contribution is 0.318. The molecule has 2 rings (SSSR count). The Morgan fingerprint density at radius 3 is 2.14 bits per heavy atom. The van der Waals surface area contributed by atoms with Crippen LogP contribution in [0.25, 0.3) is 0 Å². The molecule has 0 aliphatic heterocycles.